The summed E-state index contributed by atoms with van der Waals surface area (Å²) in [5.41, 5.74) is 1.84. The predicted molar refractivity (Wildman–Crippen MR) is 109 cm³/mol. The fourth-order valence-corrected chi connectivity index (χ4v) is 3.65. The van der Waals surface area contributed by atoms with E-state index in [1.165, 1.54) is 0 Å². The summed E-state index contributed by atoms with van der Waals surface area (Å²) < 4.78 is 5.89. The fourth-order valence-electron chi connectivity index (χ4n) is 3.65. The van der Waals surface area contributed by atoms with Crippen LogP contribution in [0.25, 0.3) is 17.0 Å². The molecule has 1 aliphatic heterocycles. The molecule has 2 aromatic rings. The van der Waals surface area contributed by atoms with Crippen molar-refractivity contribution >= 4 is 28.9 Å². The number of fused-ring (bicyclic) bond motifs is 1. The number of piperazine rings is 1. The van der Waals surface area contributed by atoms with Gasteiger partial charge in [-0.15, -0.1) is 0 Å². The first-order valence-electron chi connectivity index (χ1n) is 10.1. The molecule has 0 unspecified atom stereocenters. The third-order valence-electron chi connectivity index (χ3n) is 5.42. The van der Waals surface area contributed by atoms with Crippen LogP contribution in [0.3, 0.4) is 0 Å². The maximum absolute atomic E-state index is 12.6. The van der Waals surface area contributed by atoms with Crippen molar-refractivity contribution in [2.45, 2.75) is 32.2 Å². The lowest BCUT2D eigenvalue weighted by Gasteiger charge is -2.33. The van der Waals surface area contributed by atoms with Gasteiger partial charge in [0.15, 0.2) is 0 Å². The van der Waals surface area contributed by atoms with Gasteiger partial charge < -0.3 is 14.6 Å². The largest absolute Gasteiger partial charge is 0.460 e. The van der Waals surface area contributed by atoms with Gasteiger partial charge in [0.25, 0.3) is 0 Å². The van der Waals surface area contributed by atoms with Gasteiger partial charge >= 0.3 is 0 Å². The Bertz CT molecular complexity index is 890. The lowest BCUT2D eigenvalue weighted by atomic mass is 10.1. The Balaban J connectivity index is 1.34. The van der Waals surface area contributed by atoms with Gasteiger partial charge in [-0.1, -0.05) is 25.1 Å². The number of carbonyl (C=O) groups is 2. The number of nitrogens with zero attached hydrogens (tertiary/aromatic N) is 2. The number of nitrogens with one attached hydrogen (secondary N) is 1. The van der Waals surface area contributed by atoms with Crippen molar-refractivity contribution in [3.05, 3.63) is 41.7 Å². The molecule has 2 amide bonds. The summed E-state index contributed by atoms with van der Waals surface area (Å²) in [7, 11) is 0. The molecule has 1 aromatic carbocycles. The summed E-state index contributed by atoms with van der Waals surface area (Å²) in [6.45, 7) is 5.23. The van der Waals surface area contributed by atoms with Crippen molar-refractivity contribution in [3.63, 3.8) is 0 Å². The van der Waals surface area contributed by atoms with Crippen LogP contribution in [-0.4, -0.2) is 60.4 Å². The zero-order chi connectivity index (χ0) is 19.5. The standard InChI is InChI=1S/C22H27N3O3/c1-2-19-18(17-5-3-4-6-20(17)28-19)9-10-22(27)25-13-11-24(12-14-25)15-21(26)23-16-7-8-16/h3-6,9-10,16H,2,7-8,11-15H2,1H3,(H,23,26). The van der Waals surface area contributed by atoms with E-state index in [1.807, 2.05) is 35.2 Å². The molecule has 1 aromatic heterocycles. The maximum atomic E-state index is 12.6. The molecule has 0 spiro atoms. The van der Waals surface area contributed by atoms with Gasteiger partial charge in [0.1, 0.15) is 11.3 Å². The normalized spacial score (nSPS) is 18.1. The quantitative estimate of drug-likeness (QED) is 0.781. The zero-order valence-electron chi connectivity index (χ0n) is 16.3. The van der Waals surface area contributed by atoms with Crippen molar-refractivity contribution in [2.24, 2.45) is 0 Å². The van der Waals surface area contributed by atoms with Gasteiger partial charge in [-0.05, 0) is 25.0 Å². The minimum Gasteiger partial charge on any atom is -0.460 e. The number of aryl methyl sites for hydroxylation is 1. The molecule has 2 heterocycles. The average molecular weight is 381 g/mol. The molecule has 1 saturated carbocycles. The van der Waals surface area contributed by atoms with E-state index in [1.54, 1.807) is 6.08 Å². The highest BCUT2D eigenvalue weighted by Gasteiger charge is 2.26. The molecule has 1 N–H and O–H groups in total. The summed E-state index contributed by atoms with van der Waals surface area (Å²) in [4.78, 5) is 28.5. The lowest BCUT2D eigenvalue weighted by Crippen LogP contribution is -2.51. The number of benzene rings is 1. The molecule has 2 aliphatic rings. The Labute approximate surface area is 165 Å². The second-order valence-corrected chi connectivity index (χ2v) is 7.57. The first-order chi connectivity index (χ1) is 13.6. The number of furan rings is 1. The molecule has 148 valence electrons. The summed E-state index contributed by atoms with van der Waals surface area (Å²) in [6.07, 6.45) is 6.51. The Hall–Kier alpha value is -2.60. The SMILES string of the molecule is CCc1oc2ccccc2c1C=CC(=O)N1CCN(CC(=O)NC2CC2)CC1. The monoisotopic (exact) mass is 381 g/mol. The molecule has 4 rings (SSSR count). The molecule has 6 nitrogen and oxygen atoms in total. The number of hydrogen-bond acceptors (Lipinski definition) is 4. The highest BCUT2D eigenvalue weighted by molar-refractivity contribution is 5.96. The van der Waals surface area contributed by atoms with E-state index in [2.05, 4.69) is 17.1 Å². The molecular formula is C22H27N3O3. The Morgan fingerprint density at radius 3 is 2.64 bits per heavy atom. The molecule has 6 heteroatoms. The predicted octanol–water partition coefficient (Wildman–Crippen LogP) is 2.43. The van der Waals surface area contributed by atoms with Gasteiger partial charge in [-0.3, -0.25) is 14.5 Å². The number of amides is 2. The number of carbonyl (C=O) groups excluding carboxylic acids is 2. The fraction of sp³-hybridized carbons (Fsp3) is 0.455. The van der Waals surface area contributed by atoms with Gasteiger partial charge in [0, 0.05) is 55.7 Å². The molecule has 1 aliphatic carbocycles. The highest BCUT2D eigenvalue weighted by atomic mass is 16.3. The second-order valence-electron chi connectivity index (χ2n) is 7.57. The van der Waals surface area contributed by atoms with Gasteiger partial charge in [0.05, 0.1) is 6.54 Å². The molecule has 0 radical (unpaired) electrons. The molecular weight excluding hydrogens is 354 g/mol. The maximum Gasteiger partial charge on any atom is 0.246 e. The zero-order valence-corrected chi connectivity index (χ0v) is 16.3. The molecule has 28 heavy (non-hydrogen) atoms. The van der Waals surface area contributed by atoms with Crippen LogP contribution in [0.1, 0.15) is 31.1 Å². The smallest absolute Gasteiger partial charge is 0.246 e. The molecule has 1 saturated heterocycles. The Morgan fingerprint density at radius 1 is 1.18 bits per heavy atom. The van der Waals surface area contributed by atoms with E-state index < -0.39 is 0 Å². The molecule has 2 fully saturated rings. The van der Waals surface area contributed by atoms with Crippen LogP contribution in [0.5, 0.6) is 0 Å². The Morgan fingerprint density at radius 2 is 1.93 bits per heavy atom. The summed E-state index contributed by atoms with van der Waals surface area (Å²) >= 11 is 0. The summed E-state index contributed by atoms with van der Waals surface area (Å²) in [5, 5.41) is 4.05. The highest BCUT2D eigenvalue weighted by Crippen LogP contribution is 2.27. The minimum atomic E-state index is 0.00872. The van der Waals surface area contributed by atoms with E-state index in [-0.39, 0.29) is 11.8 Å². The van der Waals surface area contributed by atoms with Gasteiger partial charge in [-0.2, -0.15) is 0 Å². The van der Waals surface area contributed by atoms with E-state index in [9.17, 15) is 9.59 Å². The van der Waals surface area contributed by atoms with E-state index in [4.69, 9.17) is 4.42 Å². The summed E-state index contributed by atoms with van der Waals surface area (Å²) in [5.74, 6) is 1.01. The topological polar surface area (TPSA) is 65.8 Å². The van der Waals surface area contributed by atoms with Crippen molar-refractivity contribution in [1.29, 1.82) is 0 Å². The third kappa shape index (κ3) is 4.28. The van der Waals surface area contributed by atoms with E-state index in [0.717, 1.165) is 54.6 Å². The first-order valence-corrected chi connectivity index (χ1v) is 10.1. The molecule has 0 atom stereocenters. The van der Waals surface area contributed by atoms with Crippen molar-refractivity contribution in [3.8, 4) is 0 Å². The van der Waals surface area contributed by atoms with Crippen LogP contribution in [0.4, 0.5) is 0 Å². The van der Waals surface area contributed by atoms with Crippen molar-refractivity contribution in [1.82, 2.24) is 15.1 Å². The van der Waals surface area contributed by atoms with Crippen LogP contribution >= 0.6 is 0 Å². The second kappa shape index (κ2) is 8.19. The van der Waals surface area contributed by atoms with Crippen LogP contribution in [0.2, 0.25) is 0 Å². The van der Waals surface area contributed by atoms with Gasteiger partial charge in [-0.25, -0.2) is 0 Å². The third-order valence-corrected chi connectivity index (χ3v) is 5.42. The number of para-hydroxylation sites is 1. The molecule has 0 bridgehead atoms. The Kier molecular flexibility index (Phi) is 5.48. The van der Waals surface area contributed by atoms with Crippen LogP contribution < -0.4 is 5.32 Å². The van der Waals surface area contributed by atoms with Gasteiger partial charge in [0.2, 0.25) is 11.8 Å². The average Bonchev–Trinajstić information content (AvgIpc) is 3.44. The lowest BCUT2D eigenvalue weighted by molar-refractivity contribution is -0.128. The minimum absolute atomic E-state index is 0.00872. The van der Waals surface area contributed by atoms with Crippen LogP contribution in [0, 0.1) is 0 Å². The van der Waals surface area contributed by atoms with Crippen LogP contribution in [-0.2, 0) is 16.0 Å². The van der Waals surface area contributed by atoms with Crippen molar-refractivity contribution < 1.29 is 14.0 Å². The first kappa shape index (κ1) is 18.7. The van der Waals surface area contributed by atoms with E-state index in [0.29, 0.717) is 25.7 Å². The number of rotatable bonds is 6. The van der Waals surface area contributed by atoms with E-state index >= 15 is 0 Å². The van der Waals surface area contributed by atoms with Crippen molar-refractivity contribution in [2.75, 3.05) is 32.7 Å². The summed E-state index contributed by atoms with van der Waals surface area (Å²) in [6, 6.07) is 8.30. The number of hydrogen-bond donors (Lipinski definition) is 1. The van der Waals surface area contributed by atoms with Crippen LogP contribution in [0.15, 0.2) is 34.8 Å².